The first-order chi connectivity index (χ1) is 5.52. The number of rotatable bonds is 5. The van der Waals surface area contributed by atoms with Crippen LogP contribution in [0.4, 0.5) is 0 Å². The minimum Gasteiger partial charge on any atom is -0.356 e. The molecule has 2 heteroatoms. The molecule has 0 saturated carbocycles. The fourth-order valence-corrected chi connectivity index (χ4v) is 1.04. The van der Waals surface area contributed by atoms with Gasteiger partial charge in [0, 0.05) is 13.5 Å². The van der Waals surface area contributed by atoms with Gasteiger partial charge in [-0.15, -0.1) is 0 Å². The molecule has 0 aromatic carbocycles. The Bertz CT molecular complexity index is 132. The Morgan fingerprint density at radius 1 is 1.25 bits per heavy atom. The predicted octanol–water partition coefficient (Wildman–Crippen LogP) is 2.19. The van der Waals surface area contributed by atoms with E-state index in [-0.39, 0.29) is 5.91 Å². The largest absolute Gasteiger partial charge is 0.356 e. The van der Waals surface area contributed by atoms with Crippen molar-refractivity contribution in [1.82, 2.24) is 5.32 Å². The molecule has 1 N–H and O–H groups in total. The smallest absolute Gasteiger partial charge is 0.216 e. The molecule has 0 saturated heterocycles. The lowest BCUT2D eigenvalue weighted by molar-refractivity contribution is -0.119. The molecule has 72 valence electrons. The molecule has 1 amide bonds. The fraction of sp³-hybridized carbons (Fsp3) is 0.900. The van der Waals surface area contributed by atoms with E-state index < -0.39 is 0 Å². The van der Waals surface area contributed by atoms with Crippen LogP contribution < -0.4 is 5.32 Å². The number of carbonyl (C=O) groups excluding carboxylic acids is 1. The third-order valence-electron chi connectivity index (χ3n) is 1.94. The summed E-state index contributed by atoms with van der Waals surface area (Å²) in [4.78, 5) is 10.6. The molecule has 2 nitrogen and oxygen atoms in total. The van der Waals surface area contributed by atoms with Gasteiger partial charge in [-0.2, -0.15) is 0 Å². The zero-order valence-electron chi connectivity index (χ0n) is 8.68. The summed E-state index contributed by atoms with van der Waals surface area (Å²) < 4.78 is 0. The van der Waals surface area contributed by atoms with E-state index in [1.807, 2.05) is 0 Å². The Morgan fingerprint density at radius 3 is 2.25 bits per heavy atom. The van der Waals surface area contributed by atoms with E-state index in [4.69, 9.17) is 0 Å². The molecule has 0 rings (SSSR count). The monoisotopic (exact) mass is 171 g/mol. The van der Waals surface area contributed by atoms with Gasteiger partial charge in [0.15, 0.2) is 0 Å². The first-order valence-corrected chi connectivity index (χ1v) is 4.76. The third kappa shape index (κ3) is 7.58. The Balaban J connectivity index is 3.33. The van der Waals surface area contributed by atoms with Gasteiger partial charge < -0.3 is 5.32 Å². The second kappa shape index (κ2) is 6.04. The van der Waals surface area contributed by atoms with Gasteiger partial charge in [0.05, 0.1) is 0 Å². The highest BCUT2D eigenvalue weighted by Crippen LogP contribution is 2.10. The van der Waals surface area contributed by atoms with Gasteiger partial charge >= 0.3 is 0 Å². The fourth-order valence-electron chi connectivity index (χ4n) is 1.04. The summed E-state index contributed by atoms with van der Waals surface area (Å²) in [6, 6.07) is 0. The summed E-state index contributed by atoms with van der Waals surface area (Å²) in [5.41, 5.74) is 0. The van der Waals surface area contributed by atoms with E-state index in [2.05, 4.69) is 26.1 Å². The van der Waals surface area contributed by atoms with Gasteiger partial charge in [-0.1, -0.05) is 27.2 Å². The molecule has 0 bridgehead atoms. The topological polar surface area (TPSA) is 29.1 Å². The van der Waals surface area contributed by atoms with Crippen molar-refractivity contribution in [3.05, 3.63) is 0 Å². The van der Waals surface area contributed by atoms with Crippen LogP contribution in [0.25, 0.3) is 0 Å². The summed E-state index contributed by atoms with van der Waals surface area (Å²) in [6.45, 7) is 9.02. The Kier molecular flexibility index (Phi) is 5.77. The lowest BCUT2D eigenvalue weighted by atomic mass is 9.99. The van der Waals surface area contributed by atoms with E-state index in [1.54, 1.807) is 6.92 Å². The molecule has 0 aliphatic carbocycles. The van der Waals surface area contributed by atoms with Crippen LogP contribution in [0.3, 0.4) is 0 Å². The Hall–Kier alpha value is -0.530. The highest BCUT2D eigenvalue weighted by molar-refractivity contribution is 5.72. The molecule has 0 heterocycles. The number of hydrogen-bond donors (Lipinski definition) is 1. The van der Waals surface area contributed by atoms with E-state index in [0.29, 0.717) is 5.92 Å². The average molecular weight is 171 g/mol. The summed E-state index contributed by atoms with van der Waals surface area (Å²) in [6.07, 6.45) is 2.46. The van der Waals surface area contributed by atoms with Crippen LogP contribution in [-0.2, 0) is 4.79 Å². The van der Waals surface area contributed by atoms with Crippen LogP contribution in [0.2, 0.25) is 0 Å². The molecule has 0 aromatic rings. The summed E-state index contributed by atoms with van der Waals surface area (Å²) in [7, 11) is 0. The van der Waals surface area contributed by atoms with Crippen LogP contribution in [0, 0.1) is 11.8 Å². The third-order valence-corrected chi connectivity index (χ3v) is 1.94. The lowest BCUT2D eigenvalue weighted by Crippen LogP contribution is -2.25. The van der Waals surface area contributed by atoms with Crippen molar-refractivity contribution in [2.75, 3.05) is 6.54 Å². The summed E-state index contributed by atoms with van der Waals surface area (Å²) in [5, 5.41) is 2.83. The van der Waals surface area contributed by atoms with Crippen molar-refractivity contribution in [2.45, 2.75) is 40.5 Å². The molecule has 0 aromatic heterocycles. The van der Waals surface area contributed by atoms with E-state index >= 15 is 0 Å². The van der Waals surface area contributed by atoms with Gasteiger partial charge in [0.1, 0.15) is 0 Å². The second-order valence-electron chi connectivity index (χ2n) is 4.01. The minimum absolute atomic E-state index is 0.0754. The van der Waals surface area contributed by atoms with Crippen molar-refractivity contribution < 1.29 is 4.79 Å². The zero-order valence-corrected chi connectivity index (χ0v) is 8.68. The molecule has 0 fully saturated rings. The molecular weight excluding hydrogens is 150 g/mol. The Morgan fingerprint density at radius 2 is 1.83 bits per heavy atom. The zero-order chi connectivity index (χ0) is 9.56. The quantitative estimate of drug-likeness (QED) is 0.675. The number of nitrogens with one attached hydrogen (secondary N) is 1. The maximum Gasteiger partial charge on any atom is 0.216 e. The second-order valence-corrected chi connectivity index (χ2v) is 4.01. The van der Waals surface area contributed by atoms with Crippen LogP contribution in [0.15, 0.2) is 0 Å². The SMILES string of the molecule is CC(=O)NCC(C)CCC(C)C. The van der Waals surface area contributed by atoms with E-state index in [0.717, 1.165) is 12.5 Å². The highest BCUT2D eigenvalue weighted by Gasteiger charge is 2.03. The number of hydrogen-bond acceptors (Lipinski definition) is 1. The number of carbonyl (C=O) groups is 1. The molecule has 1 unspecified atom stereocenters. The first kappa shape index (κ1) is 11.5. The summed E-state index contributed by atoms with van der Waals surface area (Å²) >= 11 is 0. The van der Waals surface area contributed by atoms with Crippen LogP contribution in [0.5, 0.6) is 0 Å². The van der Waals surface area contributed by atoms with Crippen molar-refractivity contribution in [1.29, 1.82) is 0 Å². The molecule has 0 aliphatic rings. The van der Waals surface area contributed by atoms with Crippen LogP contribution in [-0.4, -0.2) is 12.5 Å². The van der Waals surface area contributed by atoms with Crippen LogP contribution >= 0.6 is 0 Å². The standard InChI is InChI=1S/C10H21NO/c1-8(2)5-6-9(3)7-11-10(4)12/h8-9H,5-7H2,1-4H3,(H,11,12). The normalized spacial score (nSPS) is 13.1. The molecule has 0 spiro atoms. The average Bonchev–Trinajstić information content (AvgIpc) is 1.96. The lowest BCUT2D eigenvalue weighted by Gasteiger charge is -2.12. The molecule has 0 aliphatic heterocycles. The van der Waals surface area contributed by atoms with Crippen LogP contribution in [0.1, 0.15) is 40.5 Å². The Labute approximate surface area is 75.7 Å². The van der Waals surface area contributed by atoms with Crippen molar-refractivity contribution >= 4 is 5.91 Å². The molecular formula is C10H21NO. The van der Waals surface area contributed by atoms with Gasteiger partial charge in [-0.3, -0.25) is 4.79 Å². The first-order valence-electron chi connectivity index (χ1n) is 4.76. The minimum atomic E-state index is 0.0754. The van der Waals surface area contributed by atoms with Gasteiger partial charge in [0.25, 0.3) is 0 Å². The number of amides is 1. The highest BCUT2D eigenvalue weighted by atomic mass is 16.1. The predicted molar refractivity (Wildman–Crippen MR) is 51.9 cm³/mol. The van der Waals surface area contributed by atoms with Crippen molar-refractivity contribution in [3.63, 3.8) is 0 Å². The maximum atomic E-state index is 10.6. The van der Waals surface area contributed by atoms with Gasteiger partial charge in [0.2, 0.25) is 5.91 Å². The van der Waals surface area contributed by atoms with Gasteiger partial charge in [-0.25, -0.2) is 0 Å². The van der Waals surface area contributed by atoms with E-state index in [1.165, 1.54) is 12.8 Å². The van der Waals surface area contributed by atoms with Crippen molar-refractivity contribution in [2.24, 2.45) is 11.8 Å². The summed E-state index contributed by atoms with van der Waals surface area (Å²) in [5.74, 6) is 1.45. The molecule has 12 heavy (non-hydrogen) atoms. The molecule has 1 atom stereocenters. The van der Waals surface area contributed by atoms with Crippen molar-refractivity contribution in [3.8, 4) is 0 Å². The molecule has 0 radical (unpaired) electrons. The maximum absolute atomic E-state index is 10.6. The van der Waals surface area contributed by atoms with Gasteiger partial charge in [-0.05, 0) is 18.3 Å². The van der Waals surface area contributed by atoms with E-state index in [9.17, 15) is 4.79 Å².